The molecule has 0 saturated heterocycles. The van der Waals surface area contributed by atoms with Gasteiger partial charge in [-0.2, -0.15) is 9.98 Å². The van der Waals surface area contributed by atoms with E-state index in [1.54, 1.807) is 26.0 Å². The predicted octanol–water partition coefficient (Wildman–Crippen LogP) is 3.34. The van der Waals surface area contributed by atoms with E-state index in [1.165, 1.54) is 11.3 Å². The standard InChI is InChI=1S/C27H29N5O4S2/c1-35-20-7-3-5-16(11-20)13-22(33)28-26-30-24(37-26)18-9-10-19(15-18)25-31-32-27(38-25)29-23(34)14-17-6-4-8-21(12-17)36-2/h3-8,11-12,18-19,23,34H,9-10,13-15H2,1-2H3,(H,29,32)/p+1. The molecular weight excluding hydrogens is 522 g/mol. The van der Waals surface area contributed by atoms with Gasteiger partial charge in [-0.3, -0.25) is 0 Å². The Morgan fingerprint density at radius 2 is 1.76 bits per heavy atom. The fraction of sp³-hybridized carbons (Fsp3) is 0.370. The molecule has 1 saturated carbocycles. The lowest BCUT2D eigenvalue weighted by atomic mass is 10.1. The van der Waals surface area contributed by atoms with Gasteiger partial charge < -0.3 is 19.9 Å². The van der Waals surface area contributed by atoms with Crippen LogP contribution in [-0.2, 0) is 17.6 Å². The molecule has 1 aromatic heterocycles. The van der Waals surface area contributed by atoms with Gasteiger partial charge in [-0.25, -0.2) is 4.79 Å². The number of aliphatic hydroxyl groups is 1. The SMILES string of the molecule is COc1cccc(CC(=O)NC2=[N+]=C(C3CCC(c4nnc(NC(O)Cc5cccc(OC)c5)s4)C3)S2)c1. The van der Waals surface area contributed by atoms with Crippen LogP contribution >= 0.6 is 23.1 Å². The fourth-order valence-electron chi connectivity index (χ4n) is 4.67. The van der Waals surface area contributed by atoms with Gasteiger partial charge in [-0.15, -0.1) is 10.2 Å². The van der Waals surface area contributed by atoms with Crippen LogP contribution < -0.4 is 24.8 Å². The molecule has 1 fully saturated rings. The molecular formula is C27H30N5O4S2+. The zero-order chi connectivity index (χ0) is 26.5. The van der Waals surface area contributed by atoms with E-state index in [4.69, 9.17) is 9.47 Å². The van der Waals surface area contributed by atoms with Crippen LogP contribution in [0.2, 0.25) is 0 Å². The number of aromatic nitrogens is 2. The molecule has 1 aliphatic heterocycles. The van der Waals surface area contributed by atoms with Gasteiger partial charge in [0.05, 0.1) is 32.4 Å². The molecule has 0 spiro atoms. The number of amides is 1. The average Bonchev–Trinajstić information content (AvgIpc) is 3.56. The second kappa shape index (κ2) is 12.0. The molecule has 5 rings (SSSR count). The Labute approximate surface area is 229 Å². The van der Waals surface area contributed by atoms with E-state index in [1.807, 2.05) is 48.5 Å². The van der Waals surface area contributed by atoms with Crippen LogP contribution in [0.3, 0.4) is 0 Å². The maximum atomic E-state index is 12.4. The Morgan fingerprint density at radius 3 is 2.50 bits per heavy atom. The number of aliphatic hydroxyl groups excluding tert-OH is 1. The third-order valence-electron chi connectivity index (χ3n) is 6.58. The number of carbonyl (C=O) groups is 1. The number of benzene rings is 2. The van der Waals surface area contributed by atoms with Gasteiger partial charge in [0, 0.05) is 18.3 Å². The lowest BCUT2D eigenvalue weighted by Crippen LogP contribution is -2.38. The van der Waals surface area contributed by atoms with Gasteiger partial charge >= 0.3 is 11.1 Å². The Kier molecular flexibility index (Phi) is 8.29. The quantitative estimate of drug-likeness (QED) is 0.259. The molecule has 2 aromatic carbocycles. The highest BCUT2D eigenvalue weighted by Gasteiger charge is 2.40. The van der Waals surface area contributed by atoms with Gasteiger partial charge in [0.25, 0.3) is 5.04 Å². The first-order valence-corrected chi connectivity index (χ1v) is 14.1. The molecule has 9 nitrogen and oxygen atoms in total. The number of carbonyl (C=O) groups excluding carboxylic acids is 1. The summed E-state index contributed by atoms with van der Waals surface area (Å²) in [6, 6.07) is 15.1. The van der Waals surface area contributed by atoms with Crippen molar-refractivity contribution in [1.29, 1.82) is 0 Å². The summed E-state index contributed by atoms with van der Waals surface area (Å²) in [7, 11) is 3.24. The number of methoxy groups -OCH3 is 2. The summed E-state index contributed by atoms with van der Waals surface area (Å²) in [5.74, 6) is 2.09. The van der Waals surface area contributed by atoms with Gasteiger partial charge in [-0.05, 0) is 54.7 Å². The van der Waals surface area contributed by atoms with Crippen molar-refractivity contribution >= 4 is 44.3 Å². The van der Waals surface area contributed by atoms with E-state index < -0.39 is 6.23 Å². The Balaban J connectivity index is 1.11. The zero-order valence-electron chi connectivity index (χ0n) is 21.2. The highest BCUT2D eigenvalue weighted by molar-refractivity contribution is 8.28. The Bertz CT molecular complexity index is 1370. The van der Waals surface area contributed by atoms with E-state index in [-0.39, 0.29) is 12.3 Å². The summed E-state index contributed by atoms with van der Waals surface area (Å²) >= 11 is 3.05. The minimum atomic E-state index is -0.770. The van der Waals surface area contributed by atoms with Crippen LogP contribution in [0.15, 0.2) is 48.5 Å². The first kappa shape index (κ1) is 26.2. The lowest BCUT2D eigenvalue weighted by Gasteiger charge is -2.12. The number of amidine groups is 1. The summed E-state index contributed by atoms with van der Waals surface area (Å²) in [6.45, 7) is 0. The molecule has 2 heterocycles. The number of anilines is 1. The van der Waals surface area contributed by atoms with Crippen LogP contribution in [0.5, 0.6) is 11.5 Å². The lowest BCUT2D eigenvalue weighted by molar-refractivity contribution is -0.119. The highest BCUT2D eigenvalue weighted by atomic mass is 32.2. The molecule has 38 heavy (non-hydrogen) atoms. The number of rotatable bonds is 10. The van der Waals surface area contributed by atoms with Gasteiger partial charge in [-0.1, -0.05) is 35.6 Å². The topological polar surface area (TPSA) is 120 Å². The van der Waals surface area contributed by atoms with Gasteiger partial charge in [0.15, 0.2) is 0 Å². The number of thioether (sulfide) groups is 1. The van der Waals surface area contributed by atoms with E-state index >= 15 is 0 Å². The van der Waals surface area contributed by atoms with Crippen LogP contribution in [0.1, 0.15) is 41.3 Å². The molecule has 3 N–H and O–H groups in total. The second-order valence-electron chi connectivity index (χ2n) is 9.30. The summed E-state index contributed by atoms with van der Waals surface area (Å²) in [6.07, 6.45) is 2.94. The molecule has 0 radical (unpaired) electrons. The van der Waals surface area contributed by atoms with E-state index in [2.05, 4.69) is 25.5 Å². The molecule has 1 aliphatic carbocycles. The molecule has 11 heteroatoms. The summed E-state index contributed by atoms with van der Waals surface area (Å²) in [5.41, 5.74) is 1.87. The van der Waals surface area contributed by atoms with Crippen LogP contribution in [0, 0.1) is 5.92 Å². The monoisotopic (exact) mass is 552 g/mol. The molecule has 3 aromatic rings. The average molecular weight is 553 g/mol. The molecule has 1 amide bonds. The van der Waals surface area contributed by atoms with Crippen LogP contribution in [-0.4, -0.2) is 51.9 Å². The highest BCUT2D eigenvalue weighted by Crippen LogP contribution is 2.42. The van der Waals surface area contributed by atoms with E-state index in [9.17, 15) is 9.90 Å². The normalized spacial score (nSPS) is 19.1. The minimum Gasteiger partial charge on any atom is -0.497 e. The second-order valence-corrected chi connectivity index (χ2v) is 11.3. The molecule has 3 atom stereocenters. The van der Waals surface area contributed by atoms with Crippen molar-refractivity contribution < 1.29 is 19.4 Å². The van der Waals surface area contributed by atoms with Crippen molar-refractivity contribution in [2.75, 3.05) is 19.5 Å². The number of hydrogen-bond acceptors (Lipinski definition) is 9. The fourth-order valence-corrected chi connectivity index (χ4v) is 6.50. The number of hydrogen-bond donors (Lipinski definition) is 3. The van der Waals surface area contributed by atoms with E-state index in [0.717, 1.165) is 51.9 Å². The number of nitrogens with one attached hydrogen (secondary N) is 2. The summed E-state index contributed by atoms with van der Waals surface area (Å²) < 4.78 is 15.1. The van der Waals surface area contributed by atoms with Crippen LogP contribution in [0.4, 0.5) is 5.13 Å². The first-order chi connectivity index (χ1) is 18.5. The van der Waals surface area contributed by atoms with Crippen molar-refractivity contribution in [1.82, 2.24) is 20.2 Å². The first-order valence-electron chi connectivity index (χ1n) is 12.5. The van der Waals surface area contributed by atoms with Crippen molar-refractivity contribution in [2.24, 2.45) is 5.92 Å². The van der Waals surface area contributed by atoms with Gasteiger partial charge in [0.2, 0.25) is 5.13 Å². The maximum Gasteiger partial charge on any atom is 0.421 e. The summed E-state index contributed by atoms with van der Waals surface area (Å²) in [4.78, 5) is 12.4. The largest absolute Gasteiger partial charge is 0.497 e. The maximum absolute atomic E-state index is 12.4. The predicted molar refractivity (Wildman–Crippen MR) is 151 cm³/mol. The third kappa shape index (κ3) is 6.54. The van der Waals surface area contributed by atoms with E-state index in [0.29, 0.717) is 28.6 Å². The molecule has 198 valence electrons. The molecule has 3 unspecified atom stereocenters. The van der Waals surface area contributed by atoms with Crippen molar-refractivity contribution in [3.63, 3.8) is 0 Å². The van der Waals surface area contributed by atoms with Crippen molar-refractivity contribution in [3.8, 4) is 11.5 Å². The summed E-state index contributed by atoms with van der Waals surface area (Å²) in [5, 5.41) is 28.4. The number of nitrogens with zero attached hydrogens (tertiary/aromatic N) is 3. The van der Waals surface area contributed by atoms with Crippen LogP contribution in [0.25, 0.3) is 0 Å². The number of ether oxygens (including phenoxy) is 2. The molecule has 2 aliphatic rings. The minimum absolute atomic E-state index is 0.0877. The Hall–Kier alpha value is -3.37. The van der Waals surface area contributed by atoms with Crippen molar-refractivity contribution in [3.05, 3.63) is 64.7 Å². The third-order valence-corrected chi connectivity index (χ3v) is 8.62. The smallest absolute Gasteiger partial charge is 0.421 e. The van der Waals surface area contributed by atoms with Gasteiger partial charge in [0.1, 0.15) is 22.7 Å². The zero-order valence-corrected chi connectivity index (χ0v) is 22.8. The molecule has 0 bridgehead atoms. The van der Waals surface area contributed by atoms with Crippen molar-refractivity contribution in [2.45, 2.75) is 44.2 Å². The Morgan fingerprint density at radius 1 is 1.08 bits per heavy atom.